The standard InChI is InChI=1S/C29H27BrFN3O3/c1-2-36-27-18-22(17-26(30)28(27)37-20-21-7-6-8-24(31)16-21)15-23(19-32)29(35)34-13-11-33(12-14-34)25-9-4-3-5-10-25/h3-10,15-18H,2,11-14,20H2,1H3/b23-15-. The Bertz CT molecular complexity index is 1320. The van der Waals surface area contributed by atoms with Gasteiger partial charge in [0.2, 0.25) is 0 Å². The zero-order chi connectivity index (χ0) is 26.2. The number of rotatable bonds is 8. The van der Waals surface area contributed by atoms with Crippen LogP contribution in [0.4, 0.5) is 10.1 Å². The van der Waals surface area contributed by atoms with Crippen LogP contribution < -0.4 is 14.4 Å². The molecule has 0 atom stereocenters. The van der Waals surface area contributed by atoms with Crippen LogP contribution in [0.1, 0.15) is 18.1 Å². The van der Waals surface area contributed by atoms with E-state index in [0.717, 1.165) is 5.69 Å². The fourth-order valence-corrected chi connectivity index (χ4v) is 4.72. The molecule has 1 amide bonds. The molecule has 1 aliphatic rings. The Balaban J connectivity index is 1.49. The van der Waals surface area contributed by atoms with Crippen LogP contribution in [0.3, 0.4) is 0 Å². The van der Waals surface area contributed by atoms with Crippen molar-refractivity contribution >= 4 is 33.6 Å². The lowest BCUT2D eigenvalue weighted by Gasteiger charge is -2.36. The highest BCUT2D eigenvalue weighted by Gasteiger charge is 2.24. The average molecular weight is 564 g/mol. The van der Waals surface area contributed by atoms with Crippen molar-refractivity contribution in [3.8, 4) is 17.6 Å². The minimum absolute atomic E-state index is 0.0518. The maximum atomic E-state index is 13.5. The minimum Gasteiger partial charge on any atom is -0.490 e. The first-order valence-corrected chi connectivity index (χ1v) is 12.8. The maximum absolute atomic E-state index is 13.5. The third-order valence-corrected chi connectivity index (χ3v) is 6.54. The Morgan fingerprint density at radius 3 is 2.49 bits per heavy atom. The van der Waals surface area contributed by atoms with Gasteiger partial charge in [0.15, 0.2) is 11.5 Å². The fraction of sp³-hybridized carbons (Fsp3) is 0.241. The number of amides is 1. The number of ether oxygens (including phenoxy) is 2. The second kappa shape index (κ2) is 12.4. The van der Waals surface area contributed by atoms with Crippen molar-refractivity contribution in [2.45, 2.75) is 13.5 Å². The zero-order valence-corrected chi connectivity index (χ0v) is 22.1. The van der Waals surface area contributed by atoms with Crippen molar-refractivity contribution in [3.05, 3.63) is 93.7 Å². The second-order valence-corrected chi connectivity index (χ2v) is 9.32. The van der Waals surface area contributed by atoms with E-state index in [1.807, 2.05) is 25.1 Å². The molecule has 0 aromatic heterocycles. The Hall–Kier alpha value is -3.83. The molecule has 3 aromatic rings. The number of nitriles is 1. The van der Waals surface area contributed by atoms with Gasteiger partial charge in [0.25, 0.3) is 5.91 Å². The number of carbonyl (C=O) groups is 1. The molecule has 0 N–H and O–H groups in total. The molecule has 0 bridgehead atoms. The number of anilines is 1. The lowest BCUT2D eigenvalue weighted by Crippen LogP contribution is -2.49. The van der Waals surface area contributed by atoms with Crippen LogP contribution >= 0.6 is 15.9 Å². The number of para-hydroxylation sites is 1. The number of halogens is 2. The van der Waals surface area contributed by atoms with E-state index in [0.29, 0.717) is 59.9 Å². The summed E-state index contributed by atoms with van der Waals surface area (Å²) in [4.78, 5) is 17.1. The molecule has 6 nitrogen and oxygen atoms in total. The van der Waals surface area contributed by atoms with Gasteiger partial charge >= 0.3 is 0 Å². The summed E-state index contributed by atoms with van der Waals surface area (Å²) in [6, 6.07) is 21.8. The van der Waals surface area contributed by atoms with Crippen LogP contribution in [-0.4, -0.2) is 43.6 Å². The summed E-state index contributed by atoms with van der Waals surface area (Å²) >= 11 is 3.52. The van der Waals surface area contributed by atoms with E-state index in [-0.39, 0.29) is 23.9 Å². The molecule has 0 unspecified atom stereocenters. The highest BCUT2D eigenvalue weighted by atomic mass is 79.9. The molecule has 0 spiro atoms. The molecule has 0 saturated carbocycles. The van der Waals surface area contributed by atoms with E-state index in [1.54, 1.807) is 35.2 Å². The molecule has 190 valence electrons. The van der Waals surface area contributed by atoms with E-state index >= 15 is 0 Å². The highest BCUT2D eigenvalue weighted by molar-refractivity contribution is 9.10. The number of hydrogen-bond acceptors (Lipinski definition) is 5. The van der Waals surface area contributed by atoms with Crippen molar-refractivity contribution in [2.24, 2.45) is 0 Å². The predicted molar refractivity (Wildman–Crippen MR) is 145 cm³/mol. The van der Waals surface area contributed by atoms with Gasteiger partial charge in [-0.25, -0.2) is 4.39 Å². The van der Waals surface area contributed by atoms with Gasteiger partial charge in [-0.15, -0.1) is 0 Å². The van der Waals surface area contributed by atoms with Crippen LogP contribution in [0.15, 0.2) is 76.8 Å². The average Bonchev–Trinajstić information content (AvgIpc) is 2.92. The molecule has 0 radical (unpaired) electrons. The number of benzene rings is 3. The summed E-state index contributed by atoms with van der Waals surface area (Å²) in [5.41, 5.74) is 2.49. The van der Waals surface area contributed by atoms with Crippen LogP contribution in [-0.2, 0) is 11.4 Å². The van der Waals surface area contributed by atoms with Crippen LogP contribution in [0.25, 0.3) is 6.08 Å². The van der Waals surface area contributed by atoms with E-state index in [4.69, 9.17) is 9.47 Å². The van der Waals surface area contributed by atoms with Gasteiger partial charge in [0.05, 0.1) is 11.1 Å². The normalized spacial score (nSPS) is 13.7. The summed E-state index contributed by atoms with van der Waals surface area (Å²) in [6.07, 6.45) is 1.57. The quantitative estimate of drug-likeness (QED) is 0.255. The molecule has 8 heteroatoms. The lowest BCUT2D eigenvalue weighted by molar-refractivity contribution is -0.126. The lowest BCUT2D eigenvalue weighted by atomic mass is 10.1. The first kappa shape index (κ1) is 26.2. The summed E-state index contributed by atoms with van der Waals surface area (Å²) in [7, 11) is 0. The van der Waals surface area contributed by atoms with Crippen LogP contribution in [0, 0.1) is 17.1 Å². The molecule has 0 aliphatic carbocycles. The van der Waals surface area contributed by atoms with Crippen LogP contribution in [0.2, 0.25) is 0 Å². The van der Waals surface area contributed by atoms with Crippen molar-refractivity contribution in [1.82, 2.24) is 4.90 Å². The van der Waals surface area contributed by atoms with Gasteiger partial charge in [0.1, 0.15) is 24.1 Å². The number of carbonyl (C=O) groups excluding carboxylic acids is 1. The molecule has 1 aliphatic heterocycles. The van der Waals surface area contributed by atoms with Gasteiger partial charge in [-0.3, -0.25) is 4.79 Å². The zero-order valence-electron chi connectivity index (χ0n) is 20.5. The largest absolute Gasteiger partial charge is 0.490 e. The molecule has 4 rings (SSSR count). The van der Waals surface area contributed by atoms with Gasteiger partial charge in [-0.1, -0.05) is 30.3 Å². The number of nitrogens with zero attached hydrogens (tertiary/aromatic N) is 3. The molecule has 37 heavy (non-hydrogen) atoms. The van der Waals surface area contributed by atoms with Gasteiger partial charge in [0, 0.05) is 31.9 Å². The molecular formula is C29H27BrFN3O3. The van der Waals surface area contributed by atoms with Crippen molar-refractivity contribution in [3.63, 3.8) is 0 Å². The summed E-state index contributed by atoms with van der Waals surface area (Å²) in [5.74, 6) is 0.294. The van der Waals surface area contributed by atoms with E-state index < -0.39 is 0 Å². The Kier molecular flexibility index (Phi) is 8.81. The third kappa shape index (κ3) is 6.69. The van der Waals surface area contributed by atoms with E-state index in [9.17, 15) is 14.4 Å². The van der Waals surface area contributed by atoms with Crippen molar-refractivity contribution < 1.29 is 18.7 Å². The maximum Gasteiger partial charge on any atom is 0.264 e. The molecule has 1 fully saturated rings. The van der Waals surface area contributed by atoms with Gasteiger partial charge in [-0.2, -0.15) is 5.26 Å². The van der Waals surface area contributed by atoms with Gasteiger partial charge in [-0.05, 0) is 76.5 Å². The molecular weight excluding hydrogens is 537 g/mol. The second-order valence-electron chi connectivity index (χ2n) is 8.47. The highest BCUT2D eigenvalue weighted by Crippen LogP contribution is 2.38. The smallest absolute Gasteiger partial charge is 0.264 e. The van der Waals surface area contributed by atoms with Crippen molar-refractivity contribution in [2.75, 3.05) is 37.7 Å². The molecule has 1 heterocycles. The summed E-state index contributed by atoms with van der Waals surface area (Å²) in [6.45, 7) is 4.87. The predicted octanol–water partition coefficient (Wildman–Crippen LogP) is 5.82. The Labute approximate surface area is 224 Å². The molecule has 3 aromatic carbocycles. The van der Waals surface area contributed by atoms with Crippen molar-refractivity contribution in [1.29, 1.82) is 5.26 Å². The summed E-state index contributed by atoms with van der Waals surface area (Å²) in [5, 5.41) is 9.77. The monoisotopic (exact) mass is 563 g/mol. The Morgan fingerprint density at radius 1 is 1.05 bits per heavy atom. The minimum atomic E-state index is -0.333. The topological polar surface area (TPSA) is 65.8 Å². The first-order chi connectivity index (χ1) is 18.0. The number of piperazine rings is 1. The van der Waals surface area contributed by atoms with Crippen LogP contribution in [0.5, 0.6) is 11.5 Å². The summed E-state index contributed by atoms with van der Waals surface area (Å²) < 4.78 is 25.8. The van der Waals surface area contributed by atoms with E-state index in [2.05, 4.69) is 39.0 Å². The van der Waals surface area contributed by atoms with E-state index in [1.165, 1.54) is 12.1 Å². The number of hydrogen-bond donors (Lipinski definition) is 0. The van der Waals surface area contributed by atoms with Gasteiger partial charge < -0.3 is 19.3 Å². The Morgan fingerprint density at radius 2 is 1.81 bits per heavy atom. The third-order valence-electron chi connectivity index (χ3n) is 5.95. The molecule has 1 saturated heterocycles. The first-order valence-electron chi connectivity index (χ1n) is 12.0. The fourth-order valence-electron chi connectivity index (χ4n) is 4.14. The SMILES string of the molecule is CCOc1cc(/C=C(/C#N)C(=O)N2CCN(c3ccccc3)CC2)cc(Br)c1OCc1cccc(F)c1.